The molecule has 3 heteroatoms. The van der Waals surface area contributed by atoms with Gasteiger partial charge in [0.2, 0.25) is 5.91 Å². The van der Waals surface area contributed by atoms with Gasteiger partial charge in [0.05, 0.1) is 6.04 Å². The molecule has 1 unspecified atom stereocenters. The molecule has 0 saturated heterocycles. The Morgan fingerprint density at radius 1 is 1.14 bits per heavy atom. The van der Waals surface area contributed by atoms with Crippen LogP contribution < -0.4 is 11.1 Å². The minimum absolute atomic E-state index is 0.0703. The van der Waals surface area contributed by atoms with E-state index in [1.807, 2.05) is 24.3 Å². The fourth-order valence-corrected chi connectivity index (χ4v) is 2.88. The molecule has 21 heavy (non-hydrogen) atoms. The van der Waals surface area contributed by atoms with Gasteiger partial charge in [0.25, 0.3) is 0 Å². The summed E-state index contributed by atoms with van der Waals surface area (Å²) >= 11 is 0. The Morgan fingerprint density at radius 3 is 2.71 bits per heavy atom. The highest BCUT2D eigenvalue weighted by Gasteiger charge is 2.25. The molecule has 2 aromatic rings. The van der Waals surface area contributed by atoms with Crippen molar-refractivity contribution in [2.24, 2.45) is 5.73 Å². The SMILES string of the molecule is CCCCC(=O)Nc1ccc2c(c1)C(N)c1ccccc1-2. The van der Waals surface area contributed by atoms with Crippen molar-refractivity contribution in [2.75, 3.05) is 5.32 Å². The zero-order valence-corrected chi connectivity index (χ0v) is 12.2. The topological polar surface area (TPSA) is 55.1 Å². The number of unbranched alkanes of at least 4 members (excludes halogenated alkanes) is 1. The van der Waals surface area contributed by atoms with Crippen LogP contribution in [0.5, 0.6) is 0 Å². The minimum atomic E-state index is -0.108. The Hall–Kier alpha value is -2.13. The van der Waals surface area contributed by atoms with E-state index in [2.05, 4.69) is 30.4 Å². The molecule has 0 saturated carbocycles. The summed E-state index contributed by atoms with van der Waals surface area (Å²) in [5, 5.41) is 2.96. The van der Waals surface area contributed by atoms with Crippen molar-refractivity contribution in [2.45, 2.75) is 32.2 Å². The Morgan fingerprint density at radius 2 is 1.90 bits per heavy atom. The highest BCUT2D eigenvalue weighted by atomic mass is 16.1. The molecule has 0 spiro atoms. The van der Waals surface area contributed by atoms with Crippen molar-refractivity contribution in [3.8, 4) is 11.1 Å². The predicted molar refractivity (Wildman–Crippen MR) is 86.1 cm³/mol. The largest absolute Gasteiger partial charge is 0.326 e. The number of carbonyl (C=O) groups excluding carboxylic acids is 1. The second-order valence-corrected chi connectivity index (χ2v) is 5.52. The van der Waals surface area contributed by atoms with Gasteiger partial charge in [-0.2, -0.15) is 0 Å². The Bertz CT molecular complexity index is 679. The number of hydrogen-bond acceptors (Lipinski definition) is 2. The van der Waals surface area contributed by atoms with E-state index < -0.39 is 0 Å². The molecule has 1 atom stereocenters. The van der Waals surface area contributed by atoms with E-state index >= 15 is 0 Å². The van der Waals surface area contributed by atoms with Crippen molar-refractivity contribution < 1.29 is 4.79 Å². The minimum Gasteiger partial charge on any atom is -0.326 e. The molecule has 1 amide bonds. The van der Waals surface area contributed by atoms with Gasteiger partial charge in [0, 0.05) is 12.1 Å². The summed E-state index contributed by atoms with van der Waals surface area (Å²) in [6.45, 7) is 2.08. The fraction of sp³-hybridized carbons (Fsp3) is 0.278. The van der Waals surface area contributed by atoms with E-state index in [9.17, 15) is 4.79 Å². The van der Waals surface area contributed by atoms with Gasteiger partial charge in [-0.05, 0) is 40.8 Å². The smallest absolute Gasteiger partial charge is 0.224 e. The molecule has 0 heterocycles. The van der Waals surface area contributed by atoms with Gasteiger partial charge < -0.3 is 11.1 Å². The molecule has 2 aromatic carbocycles. The second-order valence-electron chi connectivity index (χ2n) is 5.52. The first kappa shape index (κ1) is 13.8. The number of anilines is 1. The van der Waals surface area contributed by atoms with Gasteiger partial charge in [-0.3, -0.25) is 4.79 Å². The summed E-state index contributed by atoms with van der Waals surface area (Å²) in [5.41, 5.74) is 11.8. The maximum absolute atomic E-state index is 11.8. The molecule has 1 aliphatic rings. The molecule has 0 aliphatic heterocycles. The van der Waals surface area contributed by atoms with Gasteiger partial charge in [0.1, 0.15) is 0 Å². The maximum Gasteiger partial charge on any atom is 0.224 e. The number of hydrogen-bond donors (Lipinski definition) is 2. The quantitative estimate of drug-likeness (QED) is 0.894. The van der Waals surface area contributed by atoms with Crippen LogP contribution in [0, 0.1) is 0 Å². The van der Waals surface area contributed by atoms with Crippen LogP contribution in [0.25, 0.3) is 11.1 Å². The zero-order valence-electron chi connectivity index (χ0n) is 12.2. The number of nitrogens with two attached hydrogens (primary N) is 1. The molecule has 3 rings (SSSR count). The van der Waals surface area contributed by atoms with Crippen LogP contribution in [0.15, 0.2) is 42.5 Å². The normalized spacial score (nSPS) is 15.4. The number of amides is 1. The summed E-state index contributed by atoms with van der Waals surface area (Å²) in [5.74, 6) is 0.0703. The highest BCUT2D eigenvalue weighted by Crippen LogP contribution is 2.42. The van der Waals surface area contributed by atoms with Gasteiger partial charge in [0.15, 0.2) is 0 Å². The molecular weight excluding hydrogens is 260 g/mol. The second kappa shape index (κ2) is 5.70. The van der Waals surface area contributed by atoms with E-state index in [0.717, 1.165) is 29.7 Å². The van der Waals surface area contributed by atoms with Crippen LogP contribution in [0.2, 0.25) is 0 Å². The summed E-state index contributed by atoms with van der Waals surface area (Å²) < 4.78 is 0. The summed E-state index contributed by atoms with van der Waals surface area (Å²) in [6.07, 6.45) is 2.51. The number of benzene rings is 2. The van der Waals surface area contributed by atoms with Crippen molar-refractivity contribution in [3.63, 3.8) is 0 Å². The van der Waals surface area contributed by atoms with Gasteiger partial charge in [-0.1, -0.05) is 43.7 Å². The van der Waals surface area contributed by atoms with Crippen LogP contribution in [0.1, 0.15) is 43.4 Å². The van der Waals surface area contributed by atoms with Crippen molar-refractivity contribution in [1.29, 1.82) is 0 Å². The average molecular weight is 280 g/mol. The van der Waals surface area contributed by atoms with Gasteiger partial charge in [-0.25, -0.2) is 0 Å². The molecule has 0 bridgehead atoms. The first-order valence-electron chi connectivity index (χ1n) is 7.49. The summed E-state index contributed by atoms with van der Waals surface area (Å²) in [6, 6.07) is 14.1. The Kier molecular flexibility index (Phi) is 3.76. The molecule has 3 N–H and O–H groups in total. The van der Waals surface area contributed by atoms with Crippen molar-refractivity contribution in [1.82, 2.24) is 0 Å². The number of rotatable bonds is 4. The standard InChI is InChI=1S/C18H20N2O/c1-2-3-8-17(21)20-12-9-10-14-13-6-4-5-7-15(13)18(19)16(14)11-12/h4-7,9-11,18H,2-3,8,19H2,1H3,(H,20,21). The summed E-state index contributed by atoms with van der Waals surface area (Å²) in [4.78, 5) is 11.8. The third-order valence-electron chi connectivity index (χ3n) is 4.01. The molecule has 0 fully saturated rings. The predicted octanol–water partition coefficient (Wildman–Crippen LogP) is 3.84. The molecule has 108 valence electrons. The number of fused-ring (bicyclic) bond motifs is 3. The van der Waals surface area contributed by atoms with Crippen LogP contribution in [0.4, 0.5) is 5.69 Å². The highest BCUT2D eigenvalue weighted by molar-refractivity contribution is 5.92. The number of carbonyl (C=O) groups is 1. The van der Waals surface area contributed by atoms with E-state index in [4.69, 9.17) is 5.73 Å². The van der Waals surface area contributed by atoms with Crippen LogP contribution >= 0.6 is 0 Å². The monoisotopic (exact) mass is 280 g/mol. The summed E-state index contributed by atoms with van der Waals surface area (Å²) in [7, 11) is 0. The van der Waals surface area contributed by atoms with Crippen molar-refractivity contribution in [3.05, 3.63) is 53.6 Å². The fourth-order valence-electron chi connectivity index (χ4n) is 2.88. The Labute approximate surface area is 125 Å². The Balaban J connectivity index is 1.85. The zero-order chi connectivity index (χ0) is 14.8. The number of nitrogens with one attached hydrogen (secondary N) is 1. The lowest BCUT2D eigenvalue weighted by Gasteiger charge is -2.10. The van der Waals surface area contributed by atoms with Crippen LogP contribution in [-0.4, -0.2) is 5.91 Å². The first-order valence-corrected chi connectivity index (χ1v) is 7.49. The molecule has 3 nitrogen and oxygen atoms in total. The van der Waals surface area contributed by atoms with Crippen LogP contribution in [-0.2, 0) is 4.79 Å². The van der Waals surface area contributed by atoms with E-state index in [1.165, 1.54) is 11.1 Å². The van der Waals surface area contributed by atoms with Crippen LogP contribution in [0.3, 0.4) is 0 Å². The lowest BCUT2D eigenvalue weighted by molar-refractivity contribution is -0.116. The molecule has 0 aromatic heterocycles. The maximum atomic E-state index is 11.8. The first-order chi connectivity index (χ1) is 10.2. The third kappa shape index (κ3) is 2.57. The average Bonchev–Trinajstić information content (AvgIpc) is 2.79. The lowest BCUT2D eigenvalue weighted by Crippen LogP contribution is -2.12. The molecule has 0 radical (unpaired) electrons. The van der Waals surface area contributed by atoms with E-state index in [0.29, 0.717) is 6.42 Å². The molecular formula is C18H20N2O. The van der Waals surface area contributed by atoms with Crippen molar-refractivity contribution >= 4 is 11.6 Å². The molecule has 1 aliphatic carbocycles. The van der Waals surface area contributed by atoms with E-state index in [1.54, 1.807) is 0 Å². The third-order valence-corrected chi connectivity index (χ3v) is 4.01. The lowest BCUT2D eigenvalue weighted by atomic mass is 10.1. The van der Waals surface area contributed by atoms with Gasteiger partial charge >= 0.3 is 0 Å². The van der Waals surface area contributed by atoms with E-state index in [-0.39, 0.29) is 11.9 Å². The van der Waals surface area contributed by atoms with Gasteiger partial charge in [-0.15, -0.1) is 0 Å².